The van der Waals surface area contributed by atoms with Crippen LogP contribution in [0.2, 0.25) is 0 Å². The minimum Gasteiger partial charge on any atom is -0.488 e. The highest BCUT2D eigenvalue weighted by Crippen LogP contribution is 2.22. The molecule has 0 bridgehead atoms. The predicted molar refractivity (Wildman–Crippen MR) is 57.9 cm³/mol. The van der Waals surface area contributed by atoms with Gasteiger partial charge in [0.25, 0.3) is 0 Å². The van der Waals surface area contributed by atoms with Crippen molar-refractivity contribution in [1.82, 2.24) is 0 Å². The molecule has 1 aromatic carbocycles. The summed E-state index contributed by atoms with van der Waals surface area (Å²) in [6.45, 7) is 2.37. The van der Waals surface area contributed by atoms with E-state index < -0.39 is 0 Å². The third-order valence-electron chi connectivity index (χ3n) is 1.90. The first-order valence-corrected chi connectivity index (χ1v) is 5.20. The van der Waals surface area contributed by atoms with E-state index in [1.807, 2.05) is 6.92 Å². The molecule has 0 saturated carbocycles. The summed E-state index contributed by atoms with van der Waals surface area (Å²) in [6.07, 6.45) is -0.0811. The molecule has 0 heterocycles. The Morgan fingerprint density at radius 1 is 1.47 bits per heavy atom. The topological polar surface area (TPSA) is 18.5 Å². The molecule has 84 valence electrons. The fraction of sp³-hybridized carbons (Fsp3) is 0.455. The molecule has 0 fully saturated rings. The highest BCUT2D eigenvalue weighted by atomic mass is 35.5. The van der Waals surface area contributed by atoms with Crippen LogP contribution >= 0.6 is 11.6 Å². The second kappa shape index (κ2) is 5.93. The summed E-state index contributed by atoms with van der Waals surface area (Å²) >= 11 is 5.69. The van der Waals surface area contributed by atoms with Crippen LogP contribution in [0.1, 0.15) is 12.5 Å². The molecule has 0 N–H and O–H groups in total. The molecule has 4 heteroatoms. The predicted octanol–water partition coefficient (Wildman–Crippen LogP) is 2.98. The Bertz CT molecular complexity index is 317. The van der Waals surface area contributed by atoms with Crippen LogP contribution in [0.4, 0.5) is 4.39 Å². The summed E-state index contributed by atoms with van der Waals surface area (Å²) in [6, 6.07) is 4.31. The van der Waals surface area contributed by atoms with Gasteiger partial charge in [0.1, 0.15) is 17.7 Å². The zero-order valence-electron chi connectivity index (χ0n) is 8.80. The van der Waals surface area contributed by atoms with Crippen molar-refractivity contribution in [3.8, 4) is 5.75 Å². The van der Waals surface area contributed by atoms with Gasteiger partial charge in [0.2, 0.25) is 0 Å². The smallest absolute Gasteiger partial charge is 0.124 e. The maximum Gasteiger partial charge on any atom is 0.124 e. The number of hydrogen-bond acceptors (Lipinski definition) is 2. The number of rotatable bonds is 5. The van der Waals surface area contributed by atoms with Gasteiger partial charge in [-0.15, -0.1) is 11.6 Å². The molecule has 2 nitrogen and oxygen atoms in total. The van der Waals surface area contributed by atoms with E-state index in [0.717, 1.165) is 0 Å². The fourth-order valence-electron chi connectivity index (χ4n) is 1.25. The lowest BCUT2D eigenvalue weighted by molar-refractivity contribution is 0.0915. The highest BCUT2D eigenvalue weighted by molar-refractivity contribution is 6.17. The van der Waals surface area contributed by atoms with E-state index in [9.17, 15) is 4.39 Å². The van der Waals surface area contributed by atoms with Gasteiger partial charge in [-0.3, -0.25) is 0 Å². The van der Waals surface area contributed by atoms with Gasteiger partial charge in [-0.1, -0.05) is 0 Å². The standard InChI is InChI=1S/C11H14ClFO2/c1-8(7-14-2)15-11-4-3-10(13)5-9(11)6-12/h3-5,8H,6-7H2,1-2H3. The highest BCUT2D eigenvalue weighted by Gasteiger charge is 2.08. The average Bonchev–Trinajstić information content (AvgIpc) is 2.21. The molecule has 0 aliphatic rings. The number of alkyl halides is 1. The molecule has 15 heavy (non-hydrogen) atoms. The van der Waals surface area contributed by atoms with Gasteiger partial charge in [-0.2, -0.15) is 0 Å². The van der Waals surface area contributed by atoms with Crippen molar-refractivity contribution in [3.63, 3.8) is 0 Å². The number of methoxy groups -OCH3 is 1. The molecule has 1 atom stereocenters. The number of halogens is 2. The van der Waals surface area contributed by atoms with E-state index in [4.69, 9.17) is 21.1 Å². The SMILES string of the molecule is COCC(C)Oc1ccc(F)cc1CCl. The number of hydrogen-bond donors (Lipinski definition) is 0. The van der Waals surface area contributed by atoms with Crippen LogP contribution < -0.4 is 4.74 Å². The summed E-state index contributed by atoms with van der Waals surface area (Å²) in [7, 11) is 1.60. The van der Waals surface area contributed by atoms with E-state index in [0.29, 0.717) is 17.9 Å². The number of ether oxygens (including phenoxy) is 2. The monoisotopic (exact) mass is 232 g/mol. The Morgan fingerprint density at radius 3 is 2.80 bits per heavy atom. The van der Waals surface area contributed by atoms with Crippen LogP contribution in [0, 0.1) is 5.82 Å². The molecule has 1 aromatic rings. The lowest BCUT2D eigenvalue weighted by Gasteiger charge is -2.15. The second-order valence-electron chi connectivity index (χ2n) is 3.27. The first-order valence-electron chi connectivity index (χ1n) is 4.67. The van der Waals surface area contributed by atoms with Crippen molar-refractivity contribution >= 4 is 11.6 Å². The first kappa shape index (κ1) is 12.3. The van der Waals surface area contributed by atoms with Gasteiger partial charge in [0.05, 0.1) is 12.5 Å². The van der Waals surface area contributed by atoms with Crippen LogP contribution in [0.3, 0.4) is 0 Å². The summed E-state index contributed by atoms with van der Waals surface area (Å²) in [5.41, 5.74) is 0.652. The molecule has 0 saturated heterocycles. The fourth-order valence-corrected chi connectivity index (χ4v) is 1.46. The molecule has 0 aromatic heterocycles. The van der Waals surface area contributed by atoms with Crippen molar-refractivity contribution in [3.05, 3.63) is 29.6 Å². The van der Waals surface area contributed by atoms with Crippen molar-refractivity contribution in [1.29, 1.82) is 0 Å². The van der Waals surface area contributed by atoms with Gasteiger partial charge >= 0.3 is 0 Å². The molecule has 0 spiro atoms. The Labute approximate surface area is 94.0 Å². The Kier molecular flexibility index (Phi) is 4.85. The second-order valence-corrected chi connectivity index (χ2v) is 3.54. The van der Waals surface area contributed by atoms with Crippen LogP contribution in [0.25, 0.3) is 0 Å². The van der Waals surface area contributed by atoms with Gasteiger partial charge < -0.3 is 9.47 Å². The van der Waals surface area contributed by atoms with E-state index in [1.165, 1.54) is 12.1 Å². The van der Waals surface area contributed by atoms with E-state index >= 15 is 0 Å². The van der Waals surface area contributed by atoms with Gasteiger partial charge in [0, 0.05) is 12.7 Å². The Hall–Kier alpha value is -0.800. The van der Waals surface area contributed by atoms with Crippen molar-refractivity contribution in [2.24, 2.45) is 0 Å². The Morgan fingerprint density at radius 2 is 2.20 bits per heavy atom. The van der Waals surface area contributed by atoms with Crippen LogP contribution in [-0.2, 0) is 10.6 Å². The van der Waals surface area contributed by atoms with Crippen LogP contribution in [-0.4, -0.2) is 19.8 Å². The normalized spacial score (nSPS) is 12.5. The zero-order chi connectivity index (χ0) is 11.3. The molecular formula is C11H14ClFO2. The summed E-state index contributed by atoms with van der Waals surface area (Å²) in [4.78, 5) is 0. The quantitative estimate of drug-likeness (QED) is 0.727. The summed E-state index contributed by atoms with van der Waals surface area (Å²) < 4.78 is 23.4. The largest absolute Gasteiger partial charge is 0.488 e. The number of benzene rings is 1. The average molecular weight is 233 g/mol. The maximum atomic E-state index is 12.9. The van der Waals surface area contributed by atoms with Crippen LogP contribution in [0.15, 0.2) is 18.2 Å². The molecule has 0 radical (unpaired) electrons. The molecule has 0 amide bonds. The lowest BCUT2D eigenvalue weighted by Crippen LogP contribution is -2.18. The van der Waals surface area contributed by atoms with E-state index in [2.05, 4.69) is 0 Å². The molecular weight excluding hydrogens is 219 g/mol. The summed E-state index contributed by atoms with van der Waals surface area (Å²) in [5.74, 6) is 0.528. The van der Waals surface area contributed by atoms with Gasteiger partial charge in [-0.05, 0) is 25.1 Å². The minimum absolute atomic E-state index is 0.0811. The Balaban J connectivity index is 2.75. The summed E-state index contributed by atoms with van der Waals surface area (Å²) in [5, 5.41) is 0. The van der Waals surface area contributed by atoms with E-state index in [1.54, 1.807) is 13.2 Å². The first-order chi connectivity index (χ1) is 7.17. The van der Waals surface area contributed by atoms with Crippen molar-refractivity contribution in [2.45, 2.75) is 18.9 Å². The third-order valence-corrected chi connectivity index (χ3v) is 2.18. The zero-order valence-corrected chi connectivity index (χ0v) is 9.55. The van der Waals surface area contributed by atoms with Gasteiger partial charge in [-0.25, -0.2) is 4.39 Å². The minimum atomic E-state index is -0.308. The molecule has 0 aliphatic heterocycles. The third kappa shape index (κ3) is 3.68. The van der Waals surface area contributed by atoms with Crippen LogP contribution in [0.5, 0.6) is 5.75 Å². The van der Waals surface area contributed by atoms with E-state index in [-0.39, 0.29) is 17.8 Å². The van der Waals surface area contributed by atoms with Crippen molar-refractivity contribution in [2.75, 3.05) is 13.7 Å². The van der Waals surface area contributed by atoms with Gasteiger partial charge in [0.15, 0.2) is 0 Å². The van der Waals surface area contributed by atoms with Crippen molar-refractivity contribution < 1.29 is 13.9 Å². The molecule has 1 unspecified atom stereocenters. The maximum absolute atomic E-state index is 12.9. The lowest BCUT2D eigenvalue weighted by atomic mass is 10.2. The molecule has 0 aliphatic carbocycles. The molecule has 1 rings (SSSR count).